The van der Waals surface area contributed by atoms with Gasteiger partial charge in [0.1, 0.15) is 36.7 Å². The number of fused-ring (bicyclic) bond motifs is 1. The maximum Gasteiger partial charge on any atom is 0.231 e. The molecular weight excluding hydrogens is 472 g/mol. The lowest BCUT2D eigenvalue weighted by molar-refractivity contribution is -0.121. The summed E-state index contributed by atoms with van der Waals surface area (Å²) in [4.78, 5) is 15.3. The third kappa shape index (κ3) is 6.61. The lowest BCUT2D eigenvalue weighted by Gasteiger charge is -2.25. The molecule has 1 unspecified atom stereocenters. The van der Waals surface area contributed by atoms with Crippen molar-refractivity contribution in [2.24, 2.45) is 5.92 Å². The molecule has 2 aromatic carbocycles. The van der Waals surface area contributed by atoms with Crippen LogP contribution in [-0.4, -0.2) is 68.2 Å². The molecule has 198 valence electrons. The number of likely N-dealkylation sites (N-methyl/N-ethyl adjacent to an activating group) is 1. The van der Waals surface area contributed by atoms with Crippen LogP contribution in [0.4, 0.5) is 5.69 Å². The van der Waals surface area contributed by atoms with E-state index in [1.165, 1.54) is 0 Å². The number of nitrogens with one attached hydrogen (secondary N) is 1. The summed E-state index contributed by atoms with van der Waals surface area (Å²) >= 11 is 0. The van der Waals surface area contributed by atoms with E-state index < -0.39 is 0 Å². The summed E-state index contributed by atoms with van der Waals surface area (Å²) in [6.07, 6.45) is 4.17. The van der Waals surface area contributed by atoms with Crippen molar-refractivity contribution in [3.05, 3.63) is 54.4 Å². The predicted molar refractivity (Wildman–Crippen MR) is 142 cm³/mol. The molecule has 0 saturated heterocycles. The highest BCUT2D eigenvalue weighted by molar-refractivity contribution is 5.95. The van der Waals surface area contributed by atoms with Gasteiger partial charge in [0.2, 0.25) is 5.91 Å². The van der Waals surface area contributed by atoms with Crippen LogP contribution < -0.4 is 19.5 Å². The molecule has 0 saturated carbocycles. The summed E-state index contributed by atoms with van der Waals surface area (Å²) in [6, 6.07) is 11.4. The average molecular weight is 509 g/mol. The lowest BCUT2D eigenvalue weighted by Crippen LogP contribution is -2.32. The largest absolute Gasteiger partial charge is 0.497 e. The highest BCUT2D eigenvalue weighted by atomic mass is 16.5. The van der Waals surface area contributed by atoms with Gasteiger partial charge in [-0.15, -0.1) is 0 Å². The van der Waals surface area contributed by atoms with Crippen LogP contribution in [0.1, 0.15) is 25.6 Å². The summed E-state index contributed by atoms with van der Waals surface area (Å²) in [5.74, 6) is 1.71. The zero-order valence-corrected chi connectivity index (χ0v) is 22.2. The number of methoxy groups -OCH3 is 1. The Labute approximate surface area is 218 Å². The van der Waals surface area contributed by atoms with E-state index in [9.17, 15) is 4.79 Å². The van der Waals surface area contributed by atoms with Crippen molar-refractivity contribution in [1.82, 2.24) is 14.7 Å². The molecule has 9 nitrogen and oxygen atoms in total. The van der Waals surface area contributed by atoms with Gasteiger partial charge in [-0.3, -0.25) is 4.79 Å². The summed E-state index contributed by atoms with van der Waals surface area (Å²) in [5, 5.41) is 7.51. The molecule has 2 atom stereocenters. The minimum Gasteiger partial charge on any atom is -0.497 e. The van der Waals surface area contributed by atoms with Crippen LogP contribution in [0.15, 0.2) is 48.8 Å². The number of aromatic nitrogens is 2. The molecular formula is C28H36N4O5. The van der Waals surface area contributed by atoms with Gasteiger partial charge in [-0.05, 0) is 75.8 Å². The highest BCUT2D eigenvalue weighted by Crippen LogP contribution is 2.34. The molecule has 0 aliphatic carbocycles. The number of carbonyl (C=O) groups is 1. The summed E-state index contributed by atoms with van der Waals surface area (Å²) in [5.41, 5.74) is 3.46. The Morgan fingerprint density at radius 3 is 2.84 bits per heavy atom. The Kier molecular flexibility index (Phi) is 8.68. The van der Waals surface area contributed by atoms with Crippen LogP contribution in [0.3, 0.4) is 0 Å². The number of hydrogen-bond acceptors (Lipinski definition) is 7. The summed E-state index contributed by atoms with van der Waals surface area (Å²) < 4.78 is 24.7. The van der Waals surface area contributed by atoms with Crippen LogP contribution in [0.5, 0.6) is 17.2 Å². The van der Waals surface area contributed by atoms with E-state index >= 15 is 0 Å². The molecule has 3 aromatic rings. The number of benzene rings is 2. The van der Waals surface area contributed by atoms with Crippen molar-refractivity contribution in [1.29, 1.82) is 0 Å². The normalized spacial score (nSPS) is 15.6. The number of nitrogens with zero attached hydrogens (tertiary/aromatic N) is 3. The van der Waals surface area contributed by atoms with E-state index in [1.807, 2.05) is 75.4 Å². The fourth-order valence-electron chi connectivity index (χ4n) is 4.17. The van der Waals surface area contributed by atoms with E-state index in [1.54, 1.807) is 18.0 Å². The Bertz CT molecular complexity index is 1210. The third-order valence-corrected chi connectivity index (χ3v) is 6.30. The summed E-state index contributed by atoms with van der Waals surface area (Å²) in [6.45, 7) is 6.08. The molecule has 4 rings (SSSR count). The van der Waals surface area contributed by atoms with Gasteiger partial charge >= 0.3 is 0 Å². The number of rotatable bonds is 11. The van der Waals surface area contributed by atoms with Crippen molar-refractivity contribution in [2.45, 2.75) is 26.5 Å². The van der Waals surface area contributed by atoms with Gasteiger partial charge in [0.25, 0.3) is 0 Å². The van der Waals surface area contributed by atoms with Crippen LogP contribution >= 0.6 is 0 Å². The van der Waals surface area contributed by atoms with E-state index in [-0.39, 0.29) is 18.1 Å². The molecule has 2 heterocycles. The molecule has 0 fully saturated rings. The average Bonchev–Trinajstić information content (AvgIpc) is 3.39. The lowest BCUT2D eigenvalue weighted by atomic mass is 9.95. The number of carbonyl (C=O) groups excluding carboxylic acids is 1. The first-order chi connectivity index (χ1) is 17.9. The van der Waals surface area contributed by atoms with Gasteiger partial charge in [0.15, 0.2) is 0 Å². The Morgan fingerprint density at radius 2 is 2.08 bits per heavy atom. The molecule has 37 heavy (non-hydrogen) atoms. The first-order valence-electron chi connectivity index (χ1n) is 12.6. The monoisotopic (exact) mass is 508 g/mol. The van der Waals surface area contributed by atoms with Gasteiger partial charge in [0, 0.05) is 24.9 Å². The maximum atomic E-state index is 13.2. The first kappa shape index (κ1) is 26.5. The predicted octanol–water partition coefficient (Wildman–Crippen LogP) is 4.24. The maximum absolute atomic E-state index is 13.2. The zero-order chi connectivity index (χ0) is 26.4. The van der Waals surface area contributed by atoms with Crippen LogP contribution in [0.25, 0.3) is 11.1 Å². The zero-order valence-electron chi connectivity index (χ0n) is 22.2. The van der Waals surface area contributed by atoms with E-state index in [0.29, 0.717) is 37.7 Å². The fraction of sp³-hybridized carbons (Fsp3) is 0.429. The molecule has 1 aliphatic heterocycles. The number of anilines is 1. The fourth-order valence-corrected chi connectivity index (χ4v) is 4.17. The molecule has 0 radical (unpaired) electrons. The third-order valence-electron chi connectivity index (χ3n) is 6.30. The van der Waals surface area contributed by atoms with Crippen molar-refractivity contribution in [3.8, 4) is 28.4 Å². The second-order valence-electron chi connectivity index (χ2n) is 9.30. The number of amides is 1. The molecule has 1 amide bonds. The van der Waals surface area contributed by atoms with Gasteiger partial charge < -0.3 is 29.2 Å². The first-order valence-corrected chi connectivity index (χ1v) is 12.6. The van der Waals surface area contributed by atoms with Gasteiger partial charge in [-0.2, -0.15) is 5.10 Å². The number of ether oxygens (including phenoxy) is 4. The minimum absolute atomic E-state index is 0.114. The van der Waals surface area contributed by atoms with Gasteiger partial charge in [-0.1, -0.05) is 6.07 Å². The molecule has 1 aromatic heterocycles. The highest BCUT2D eigenvalue weighted by Gasteiger charge is 2.27. The van der Waals surface area contributed by atoms with Gasteiger partial charge in [0.05, 0.1) is 24.9 Å². The molecule has 1 aliphatic rings. The minimum atomic E-state index is -0.327. The van der Waals surface area contributed by atoms with Crippen molar-refractivity contribution < 1.29 is 23.7 Å². The van der Waals surface area contributed by atoms with E-state index in [0.717, 1.165) is 34.7 Å². The summed E-state index contributed by atoms with van der Waals surface area (Å²) in [7, 11) is 5.61. The van der Waals surface area contributed by atoms with Crippen LogP contribution in [0, 0.1) is 5.92 Å². The second-order valence-corrected chi connectivity index (χ2v) is 9.30. The van der Waals surface area contributed by atoms with Crippen molar-refractivity contribution >= 4 is 11.6 Å². The smallest absolute Gasteiger partial charge is 0.231 e. The standard InChI is InChI=1S/C28H36N4O5/c1-6-35-19(2)32-17-23(16-29-32)20-7-9-25(27(15-20)36-12-11-31(3)4)30-28(33)22-13-21-14-24(34-5)8-10-26(21)37-18-22/h7-10,14-17,19,22H,6,11-13,18H2,1-5H3,(H,30,33)/t19?,22-/m0/s1. The molecule has 1 N–H and O–H groups in total. The quantitative estimate of drug-likeness (QED) is 0.414. The molecule has 0 spiro atoms. The topological polar surface area (TPSA) is 87.1 Å². The van der Waals surface area contributed by atoms with Crippen molar-refractivity contribution in [2.75, 3.05) is 52.9 Å². The molecule has 9 heteroatoms. The molecule has 0 bridgehead atoms. The van der Waals surface area contributed by atoms with Crippen LogP contribution in [0.2, 0.25) is 0 Å². The Balaban J connectivity index is 1.52. The van der Waals surface area contributed by atoms with Crippen molar-refractivity contribution in [3.63, 3.8) is 0 Å². The van der Waals surface area contributed by atoms with E-state index in [4.69, 9.17) is 18.9 Å². The SMILES string of the molecule is CCOC(C)n1cc(-c2ccc(NC(=O)[C@@H]3COc4ccc(OC)cc4C3)c(OCCN(C)C)c2)cn1. The Morgan fingerprint density at radius 1 is 1.24 bits per heavy atom. The Hall–Kier alpha value is -3.56. The van der Waals surface area contributed by atoms with E-state index in [2.05, 4.69) is 10.4 Å². The van der Waals surface area contributed by atoms with Gasteiger partial charge in [-0.25, -0.2) is 4.68 Å². The second kappa shape index (κ2) is 12.1. The van der Waals surface area contributed by atoms with Crippen LogP contribution in [-0.2, 0) is 16.0 Å². The number of hydrogen-bond donors (Lipinski definition) is 1.